The van der Waals surface area contributed by atoms with Crippen LogP contribution in [0.15, 0.2) is 4.52 Å². The van der Waals surface area contributed by atoms with Gasteiger partial charge in [0.2, 0.25) is 0 Å². The predicted octanol–water partition coefficient (Wildman–Crippen LogP) is 3.12. The molecule has 1 saturated carbocycles. The second-order valence-corrected chi connectivity index (χ2v) is 6.06. The molecule has 5 heteroatoms. The Morgan fingerprint density at radius 3 is 2.65 bits per heavy atom. The van der Waals surface area contributed by atoms with Gasteiger partial charge in [-0.05, 0) is 31.7 Å². The molecule has 17 heavy (non-hydrogen) atoms. The molecule has 2 aromatic rings. The fourth-order valence-electron chi connectivity index (χ4n) is 2.09. The topological polar surface area (TPSA) is 64.9 Å². The van der Waals surface area contributed by atoms with Gasteiger partial charge in [0, 0.05) is 10.8 Å². The van der Waals surface area contributed by atoms with E-state index in [1.54, 1.807) is 11.3 Å². The highest BCUT2D eigenvalue weighted by Gasteiger charge is 2.38. The van der Waals surface area contributed by atoms with Crippen LogP contribution in [0.2, 0.25) is 0 Å². The Morgan fingerprint density at radius 2 is 2.12 bits per heavy atom. The first-order chi connectivity index (χ1) is 8.08. The lowest BCUT2D eigenvalue weighted by atomic mass is 10.1. The molecule has 3 rings (SSSR count). The molecule has 2 heterocycles. The summed E-state index contributed by atoms with van der Waals surface area (Å²) in [6.45, 7) is 6.30. The Hall–Kier alpha value is -1.36. The molecule has 0 spiro atoms. The van der Waals surface area contributed by atoms with Crippen molar-refractivity contribution >= 4 is 16.3 Å². The number of rotatable bonds is 2. The van der Waals surface area contributed by atoms with Gasteiger partial charge in [-0.3, -0.25) is 0 Å². The van der Waals surface area contributed by atoms with E-state index in [-0.39, 0.29) is 0 Å². The molecule has 0 radical (unpaired) electrons. The molecule has 90 valence electrons. The molecule has 1 aliphatic rings. The van der Waals surface area contributed by atoms with Crippen LogP contribution in [0.25, 0.3) is 11.5 Å². The third-order valence-electron chi connectivity index (χ3n) is 3.51. The standard InChI is InChI=1S/C12H15N3OS/c1-5-4-8(5)11-14-12(16-15-11)9-6(2)7(3)17-10(9)13/h5,8H,4,13H2,1-3H3. The van der Waals surface area contributed by atoms with Crippen molar-refractivity contribution in [2.45, 2.75) is 33.1 Å². The number of anilines is 1. The largest absolute Gasteiger partial charge is 0.390 e. The molecule has 1 aliphatic carbocycles. The number of nitrogens with two attached hydrogens (primary N) is 1. The Morgan fingerprint density at radius 1 is 1.41 bits per heavy atom. The molecular formula is C12H15N3OS. The second kappa shape index (κ2) is 3.57. The van der Waals surface area contributed by atoms with Gasteiger partial charge in [0.1, 0.15) is 0 Å². The molecule has 2 N–H and O–H groups in total. The highest BCUT2D eigenvalue weighted by Crippen LogP contribution is 2.46. The molecule has 0 aromatic carbocycles. The number of nitrogens with zero attached hydrogens (tertiary/aromatic N) is 2. The van der Waals surface area contributed by atoms with Crippen molar-refractivity contribution in [3.63, 3.8) is 0 Å². The van der Waals surface area contributed by atoms with Gasteiger partial charge in [-0.2, -0.15) is 4.98 Å². The SMILES string of the molecule is Cc1sc(N)c(-c2nc(C3CC3C)no2)c1C. The van der Waals surface area contributed by atoms with Gasteiger partial charge in [0.15, 0.2) is 5.82 Å². The van der Waals surface area contributed by atoms with Crippen molar-refractivity contribution in [3.8, 4) is 11.5 Å². The maximum Gasteiger partial charge on any atom is 0.261 e. The monoisotopic (exact) mass is 249 g/mol. The highest BCUT2D eigenvalue weighted by atomic mass is 32.1. The van der Waals surface area contributed by atoms with Gasteiger partial charge in [0.05, 0.1) is 10.6 Å². The van der Waals surface area contributed by atoms with Crippen LogP contribution in [0.3, 0.4) is 0 Å². The van der Waals surface area contributed by atoms with E-state index in [2.05, 4.69) is 24.0 Å². The van der Waals surface area contributed by atoms with Crippen LogP contribution < -0.4 is 5.73 Å². The van der Waals surface area contributed by atoms with Crippen LogP contribution in [0.4, 0.5) is 5.00 Å². The number of aryl methyl sites for hydroxylation is 1. The summed E-state index contributed by atoms with van der Waals surface area (Å²) in [5, 5.41) is 4.82. The average molecular weight is 249 g/mol. The zero-order valence-electron chi connectivity index (χ0n) is 10.2. The van der Waals surface area contributed by atoms with Gasteiger partial charge in [-0.15, -0.1) is 11.3 Å². The van der Waals surface area contributed by atoms with Gasteiger partial charge in [0.25, 0.3) is 5.89 Å². The summed E-state index contributed by atoms with van der Waals surface area (Å²) in [6.07, 6.45) is 1.16. The van der Waals surface area contributed by atoms with E-state index in [0.717, 1.165) is 28.4 Å². The first-order valence-corrected chi connectivity index (χ1v) is 6.59. The molecule has 2 aromatic heterocycles. The van der Waals surface area contributed by atoms with E-state index >= 15 is 0 Å². The van der Waals surface area contributed by atoms with Crippen molar-refractivity contribution in [1.82, 2.24) is 10.1 Å². The van der Waals surface area contributed by atoms with Crippen LogP contribution in [0.5, 0.6) is 0 Å². The number of hydrogen-bond acceptors (Lipinski definition) is 5. The summed E-state index contributed by atoms with van der Waals surface area (Å²) in [4.78, 5) is 5.68. The van der Waals surface area contributed by atoms with Crippen molar-refractivity contribution in [1.29, 1.82) is 0 Å². The van der Waals surface area contributed by atoms with E-state index in [0.29, 0.717) is 17.7 Å². The van der Waals surface area contributed by atoms with Crippen molar-refractivity contribution in [3.05, 3.63) is 16.3 Å². The molecule has 0 amide bonds. The Bertz CT molecular complexity index is 572. The minimum Gasteiger partial charge on any atom is -0.390 e. The molecule has 4 nitrogen and oxygen atoms in total. The van der Waals surface area contributed by atoms with E-state index in [4.69, 9.17) is 10.3 Å². The van der Waals surface area contributed by atoms with E-state index < -0.39 is 0 Å². The smallest absolute Gasteiger partial charge is 0.261 e. The molecule has 0 saturated heterocycles. The first kappa shape index (κ1) is 10.8. The Labute approximate surface area is 104 Å². The minimum absolute atomic E-state index is 0.480. The number of nitrogen functional groups attached to an aromatic ring is 1. The van der Waals surface area contributed by atoms with Crippen LogP contribution >= 0.6 is 11.3 Å². The molecule has 0 aliphatic heterocycles. The van der Waals surface area contributed by atoms with Crippen molar-refractivity contribution in [2.75, 3.05) is 5.73 Å². The zero-order valence-corrected chi connectivity index (χ0v) is 11.0. The second-order valence-electron chi connectivity index (χ2n) is 4.80. The summed E-state index contributed by atoms with van der Waals surface area (Å²) >= 11 is 1.57. The summed E-state index contributed by atoms with van der Waals surface area (Å²) in [6, 6.07) is 0. The fourth-order valence-corrected chi connectivity index (χ4v) is 3.02. The summed E-state index contributed by atoms with van der Waals surface area (Å²) in [7, 11) is 0. The van der Waals surface area contributed by atoms with Gasteiger partial charge < -0.3 is 10.3 Å². The molecule has 1 fully saturated rings. The van der Waals surface area contributed by atoms with Gasteiger partial charge in [-0.1, -0.05) is 12.1 Å². The minimum atomic E-state index is 0.480. The lowest BCUT2D eigenvalue weighted by Gasteiger charge is -1.94. The summed E-state index contributed by atoms with van der Waals surface area (Å²) in [5.41, 5.74) is 8.05. The number of aromatic nitrogens is 2. The molecular weight excluding hydrogens is 234 g/mol. The van der Waals surface area contributed by atoms with Crippen LogP contribution in [0, 0.1) is 19.8 Å². The maximum absolute atomic E-state index is 5.99. The first-order valence-electron chi connectivity index (χ1n) is 5.77. The lowest BCUT2D eigenvalue weighted by molar-refractivity contribution is 0.422. The average Bonchev–Trinajstić information content (AvgIpc) is 2.71. The predicted molar refractivity (Wildman–Crippen MR) is 68.0 cm³/mol. The zero-order chi connectivity index (χ0) is 12.2. The highest BCUT2D eigenvalue weighted by molar-refractivity contribution is 7.16. The normalized spacial score (nSPS) is 23.0. The third kappa shape index (κ3) is 1.65. The quantitative estimate of drug-likeness (QED) is 0.888. The van der Waals surface area contributed by atoms with E-state index in [1.165, 1.54) is 4.88 Å². The van der Waals surface area contributed by atoms with Crippen LogP contribution in [0.1, 0.15) is 35.5 Å². The lowest BCUT2D eigenvalue weighted by Crippen LogP contribution is -1.88. The van der Waals surface area contributed by atoms with Gasteiger partial charge >= 0.3 is 0 Å². The fraction of sp³-hybridized carbons (Fsp3) is 0.500. The van der Waals surface area contributed by atoms with Crippen LogP contribution in [-0.2, 0) is 0 Å². The number of thiophene rings is 1. The molecule has 2 atom stereocenters. The van der Waals surface area contributed by atoms with E-state index in [1.807, 2.05) is 6.92 Å². The van der Waals surface area contributed by atoms with Gasteiger partial charge in [-0.25, -0.2) is 0 Å². The summed E-state index contributed by atoms with van der Waals surface area (Å²) < 4.78 is 5.34. The Balaban J connectivity index is 2.01. The van der Waals surface area contributed by atoms with E-state index in [9.17, 15) is 0 Å². The maximum atomic E-state index is 5.99. The van der Waals surface area contributed by atoms with Crippen molar-refractivity contribution < 1.29 is 4.52 Å². The van der Waals surface area contributed by atoms with Crippen molar-refractivity contribution in [2.24, 2.45) is 5.92 Å². The summed E-state index contributed by atoms with van der Waals surface area (Å²) in [5.74, 6) is 2.56. The third-order valence-corrected chi connectivity index (χ3v) is 4.55. The Kier molecular flexibility index (Phi) is 2.26. The molecule has 0 bridgehead atoms. The number of hydrogen-bond donors (Lipinski definition) is 1. The van der Waals surface area contributed by atoms with Crippen LogP contribution in [-0.4, -0.2) is 10.1 Å². The molecule has 2 unspecified atom stereocenters.